The van der Waals surface area contributed by atoms with Crippen molar-refractivity contribution >= 4 is 39.4 Å². The molecule has 1 aliphatic rings. The summed E-state index contributed by atoms with van der Waals surface area (Å²) in [4.78, 5) is 31.2. The van der Waals surface area contributed by atoms with Gasteiger partial charge in [0.2, 0.25) is 17.1 Å². The Morgan fingerprint density at radius 2 is 1.87 bits per heavy atom. The van der Waals surface area contributed by atoms with Gasteiger partial charge in [0.15, 0.2) is 0 Å². The van der Waals surface area contributed by atoms with Gasteiger partial charge < -0.3 is 13.9 Å². The van der Waals surface area contributed by atoms with Crippen molar-refractivity contribution in [3.8, 4) is 16.5 Å². The molecule has 196 valence electrons. The number of hydrogen-bond acceptors (Lipinski definition) is 8. The van der Waals surface area contributed by atoms with E-state index in [0.717, 1.165) is 21.2 Å². The highest BCUT2D eigenvalue weighted by molar-refractivity contribution is 7.85. The Kier molecular flexibility index (Phi) is 7.57. The number of thiophene rings is 1. The average Bonchev–Trinajstić information content (AvgIpc) is 3.59. The van der Waals surface area contributed by atoms with E-state index >= 15 is 0 Å². The lowest BCUT2D eigenvalue weighted by atomic mass is 10.1. The monoisotopic (exact) mass is 551 g/mol. The summed E-state index contributed by atoms with van der Waals surface area (Å²) in [6.45, 7) is 1.72. The van der Waals surface area contributed by atoms with E-state index in [1.165, 1.54) is 23.8 Å². The van der Waals surface area contributed by atoms with E-state index in [0.29, 0.717) is 39.9 Å². The maximum absolute atomic E-state index is 13.8. The summed E-state index contributed by atoms with van der Waals surface area (Å²) in [5, 5.41) is 0.544. The Labute approximate surface area is 226 Å². The molecule has 0 fully saturated rings. The van der Waals surface area contributed by atoms with E-state index in [4.69, 9.17) is 13.9 Å². The molecule has 1 aliphatic heterocycles. The van der Waals surface area contributed by atoms with Crippen LogP contribution in [0.2, 0.25) is 0 Å². The molecule has 3 heterocycles. The zero-order valence-corrected chi connectivity index (χ0v) is 22.4. The molecule has 1 atom stereocenters. The molecular weight excluding hydrogens is 526 g/mol. The lowest BCUT2D eigenvalue weighted by molar-refractivity contribution is -0.144. The van der Waals surface area contributed by atoms with Gasteiger partial charge in [-0.3, -0.25) is 13.9 Å². The Morgan fingerprint density at radius 1 is 1.11 bits per heavy atom. The second-order valence-electron chi connectivity index (χ2n) is 8.46. The van der Waals surface area contributed by atoms with Crippen molar-refractivity contribution in [1.82, 2.24) is 9.29 Å². The summed E-state index contributed by atoms with van der Waals surface area (Å²) in [5.41, 5.74) is 2.77. The number of ether oxygens (including phenoxy) is 2. The van der Waals surface area contributed by atoms with Crippen LogP contribution in [0.25, 0.3) is 10.8 Å². The van der Waals surface area contributed by atoms with Crippen LogP contribution in [-0.4, -0.2) is 45.6 Å². The van der Waals surface area contributed by atoms with Crippen LogP contribution < -0.4 is 9.04 Å². The van der Waals surface area contributed by atoms with Gasteiger partial charge in [-0.2, -0.15) is 0 Å². The number of amides is 1. The number of carbonyl (C=O) groups is 2. The molecule has 11 heteroatoms. The number of nitrogens with zero attached hydrogens (tertiary/aromatic N) is 3. The molecule has 0 N–H and O–H groups in total. The molecule has 0 saturated carbocycles. The van der Waals surface area contributed by atoms with Crippen molar-refractivity contribution in [1.29, 1.82) is 0 Å². The largest absolute Gasteiger partial charge is 0.496 e. The Morgan fingerprint density at radius 3 is 2.61 bits per heavy atom. The standard InChI is InChI=1S/C27H25N3O6S2/c1-18-23-26(32)30(16-22(31)36-17-19-8-4-3-5-9-19)38(33)29(14-12-20-10-6-7-11-21(20)34-2)27(23)37-24(18)25-28-13-15-35-25/h3-11,13,15H,12,14,16-17H2,1-2H3. The van der Waals surface area contributed by atoms with Gasteiger partial charge in [-0.25, -0.2) is 13.5 Å². The van der Waals surface area contributed by atoms with Crippen LogP contribution >= 0.6 is 11.3 Å². The number of aromatic nitrogens is 1. The quantitative estimate of drug-likeness (QED) is 0.281. The Hall–Kier alpha value is -3.96. The molecule has 4 aromatic rings. The minimum atomic E-state index is -1.96. The van der Waals surface area contributed by atoms with Crippen LogP contribution in [0.5, 0.6) is 5.75 Å². The van der Waals surface area contributed by atoms with Crippen molar-refractivity contribution in [2.45, 2.75) is 20.0 Å². The topological polar surface area (TPSA) is 102 Å². The van der Waals surface area contributed by atoms with Crippen LogP contribution in [0.4, 0.5) is 5.00 Å². The predicted octanol–water partition coefficient (Wildman–Crippen LogP) is 4.55. The smallest absolute Gasteiger partial charge is 0.327 e. The molecule has 0 aliphatic carbocycles. The maximum Gasteiger partial charge on any atom is 0.327 e. The first kappa shape index (κ1) is 25.7. The molecule has 0 spiro atoms. The molecular formula is C27H25N3O6S2. The van der Waals surface area contributed by atoms with Crippen LogP contribution in [0, 0.1) is 6.92 Å². The highest BCUT2D eigenvalue weighted by atomic mass is 32.2. The molecule has 5 rings (SSSR count). The van der Waals surface area contributed by atoms with Crippen molar-refractivity contribution < 1.29 is 27.7 Å². The van der Waals surface area contributed by atoms with E-state index in [9.17, 15) is 13.8 Å². The van der Waals surface area contributed by atoms with E-state index in [1.54, 1.807) is 18.3 Å². The SMILES string of the molecule is COc1ccccc1CCN1c2sc(-c3ncco3)c(C)c2C(=O)N(CC(=O)OCc2ccccc2)S1=O. The molecule has 2 aromatic heterocycles. The zero-order valence-electron chi connectivity index (χ0n) is 20.8. The minimum absolute atomic E-state index is 0.0584. The summed E-state index contributed by atoms with van der Waals surface area (Å²) in [5.74, 6) is -0.0608. The van der Waals surface area contributed by atoms with Crippen LogP contribution in [-0.2, 0) is 33.7 Å². The van der Waals surface area contributed by atoms with Gasteiger partial charge in [-0.1, -0.05) is 48.5 Å². The molecule has 0 radical (unpaired) electrons. The van der Waals surface area contributed by atoms with Gasteiger partial charge in [0, 0.05) is 6.54 Å². The molecule has 1 unspecified atom stereocenters. The molecule has 0 saturated heterocycles. The maximum atomic E-state index is 13.8. The van der Waals surface area contributed by atoms with Crippen molar-refractivity contribution in [3.63, 3.8) is 0 Å². The van der Waals surface area contributed by atoms with E-state index in [2.05, 4.69) is 4.98 Å². The number of carbonyl (C=O) groups excluding carboxylic acids is 2. The number of esters is 1. The number of hydrogen-bond donors (Lipinski definition) is 0. The van der Waals surface area contributed by atoms with E-state index < -0.39 is 29.6 Å². The first-order chi connectivity index (χ1) is 18.5. The van der Waals surface area contributed by atoms with Crippen molar-refractivity contribution in [3.05, 3.63) is 89.3 Å². The molecule has 9 nitrogen and oxygen atoms in total. The predicted molar refractivity (Wildman–Crippen MR) is 144 cm³/mol. The number of oxazole rings is 1. The third-order valence-corrected chi connectivity index (χ3v) is 8.92. The van der Waals surface area contributed by atoms with Gasteiger partial charge in [0.25, 0.3) is 5.91 Å². The Bertz CT molecular complexity index is 1470. The molecule has 2 aromatic carbocycles. The number of fused-ring (bicyclic) bond motifs is 1. The molecule has 1 amide bonds. The lowest BCUT2D eigenvalue weighted by Gasteiger charge is -2.34. The van der Waals surface area contributed by atoms with Gasteiger partial charge in [-0.15, -0.1) is 11.3 Å². The highest BCUT2D eigenvalue weighted by Crippen LogP contribution is 2.45. The number of anilines is 1. The van der Waals surface area contributed by atoms with Crippen LogP contribution in [0.1, 0.15) is 27.0 Å². The summed E-state index contributed by atoms with van der Waals surface area (Å²) >= 11 is -0.674. The fourth-order valence-corrected chi connectivity index (χ4v) is 6.83. The van der Waals surface area contributed by atoms with E-state index in [1.807, 2.05) is 54.6 Å². The van der Waals surface area contributed by atoms with Crippen molar-refractivity contribution in [2.75, 3.05) is 24.5 Å². The lowest BCUT2D eigenvalue weighted by Crippen LogP contribution is -2.49. The van der Waals surface area contributed by atoms with Gasteiger partial charge in [0.05, 0.1) is 23.7 Å². The third-order valence-electron chi connectivity index (χ3n) is 6.09. The van der Waals surface area contributed by atoms with Crippen LogP contribution in [0.3, 0.4) is 0 Å². The number of para-hydroxylation sites is 1. The zero-order chi connectivity index (χ0) is 26.6. The summed E-state index contributed by atoms with van der Waals surface area (Å²) in [6.07, 6.45) is 3.49. The van der Waals surface area contributed by atoms with Gasteiger partial charge in [-0.05, 0) is 36.1 Å². The first-order valence-corrected chi connectivity index (χ1v) is 13.7. The number of benzene rings is 2. The second-order valence-corrected chi connectivity index (χ2v) is 10.8. The normalized spacial score (nSPS) is 14.9. The minimum Gasteiger partial charge on any atom is -0.496 e. The van der Waals surface area contributed by atoms with Crippen molar-refractivity contribution in [2.24, 2.45) is 0 Å². The third kappa shape index (κ3) is 5.07. The fourth-order valence-electron chi connectivity index (χ4n) is 4.19. The summed E-state index contributed by atoms with van der Waals surface area (Å²) < 4.78 is 32.8. The van der Waals surface area contributed by atoms with Gasteiger partial charge in [0.1, 0.15) is 30.2 Å². The summed E-state index contributed by atoms with van der Waals surface area (Å²) in [6, 6.07) is 16.8. The highest BCUT2D eigenvalue weighted by Gasteiger charge is 2.41. The van der Waals surface area contributed by atoms with E-state index in [-0.39, 0.29) is 6.61 Å². The average molecular weight is 552 g/mol. The van der Waals surface area contributed by atoms with Gasteiger partial charge >= 0.3 is 5.97 Å². The Balaban J connectivity index is 1.44. The number of rotatable bonds is 9. The van der Waals surface area contributed by atoms with Crippen LogP contribution in [0.15, 0.2) is 71.5 Å². The molecule has 0 bridgehead atoms. The fraction of sp³-hybridized carbons (Fsp3) is 0.222. The molecule has 38 heavy (non-hydrogen) atoms. The second kappa shape index (κ2) is 11.2. The number of methoxy groups -OCH3 is 1. The first-order valence-electron chi connectivity index (χ1n) is 11.8. The summed E-state index contributed by atoms with van der Waals surface area (Å²) in [7, 11) is 1.60.